The number of carbonyl (C=O) groups is 1. The second-order valence-electron chi connectivity index (χ2n) is 5.63. The molecule has 2 rings (SSSR count). The Labute approximate surface area is 109 Å². The molecule has 1 N–H and O–H groups in total. The van der Waals surface area contributed by atoms with E-state index in [1.807, 2.05) is 4.90 Å². The van der Waals surface area contributed by atoms with Crippen LogP contribution in [-0.4, -0.2) is 67.3 Å². The predicted molar refractivity (Wildman–Crippen MR) is 70.2 cm³/mol. The lowest BCUT2D eigenvalue weighted by atomic mass is 10.1. The molecule has 0 aromatic heterocycles. The fourth-order valence-electron chi connectivity index (χ4n) is 2.86. The molecular weight excluding hydrogens is 230 g/mol. The van der Waals surface area contributed by atoms with Crippen LogP contribution in [0.3, 0.4) is 0 Å². The Hall–Kier alpha value is -0.650. The summed E-state index contributed by atoms with van der Waals surface area (Å²) in [6, 6.07) is 0.262. The van der Waals surface area contributed by atoms with Gasteiger partial charge in [0.2, 0.25) is 5.91 Å². The summed E-state index contributed by atoms with van der Waals surface area (Å²) in [5.74, 6) is 0.679. The number of nitrogens with zero attached hydrogens (tertiary/aromatic N) is 2. The van der Waals surface area contributed by atoms with E-state index in [0.717, 1.165) is 32.8 Å². The van der Waals surface area contributed by atoms with Gasteiger partial charge in [-0.25, -0.2) is 0 Å². The van der Waals surface area contributed by atoms with Crippen LogP contribution in [0.2, 0.25) is 0 Å². The third-order valence-electron chi connectivity index (χ3n) is 3.78. The minimum absolute atomic E-state index is 0.188. The number of ether oxygens (including phenoxy) is 1. The van der Waals surface area contributed by atoms with E-state index in [9.17, 15) is 4.79 Å². The third kappa shape index (κ3) is 3.02. The zero-order valence-corrected chi connectivity index (χ0v) is 11.7. The molecule has 0 aromatic rings. The predicted octanol–water partition coefficient (Wildman–Crippen LogP) is 0.121. The molecule has 0 aromatic carbocycles. The molecule has 0 saturated carbocycles. The van der Waals surface area contributed by atoms with E-state index in [4.69, 9.17) is 4.74 Å². The normalized spacial score (nSPS) is 28.1. The van der Waals surface area contributed by atoms with Crippen LogP contribution in [0.1, 0.15) is 20.8 Å². The SMILES string of the molecule is CC(C)C1NCC(=O)N1C(C)CN1CCOCC1. The van der Waals surface area contributed by atoms with Crippen LogP contribution in [0.15, 0.2) is 0 Å². The summed E-state index contributed by atoms with van der Waals surface area (Å²) in [4.78, 5) is 16.4. The smallest absolute Gasteiger partial charge is 0.238 e. The van der Waals surface area contributed by atoms with E-state index < -0.39 is 0 Å². The van der Waals surface area contributed by atoms with Gasteiger partial charge in [-0.15, -0.1) is 0 Å². The molecule has 1 amide bonds. The van der Waals surface area contributed by atoms with Crippen molar-refractivity contribution in [3.8, 4) is 0 Å². The Morgan fingerprint density at radius 2 is 2.00 bits per heavy atom. The molecule has 0 aliphatic carbocycles. The van der Waals surface area contributed by atoms with Crippen LogP contribution in [0.4, 0.5) is 0 Å². The molecule has 2 unspecified atom stereocenters. The first kappa shape index (κ1) is 13.8. The maximum Gasteiger partial charge on any atom is 0.238 e. The van der Waals surface area contributed by atoms with E-state index in [1.165, 1.54) is 0 Å². The molecule has 0 spiro atoms. The van der Waals surface area contributed by atoms with Gasteiger partial charge in [0.05, 0.1) is 25.9 Å². The summed E-state index contributed by atoms with van der Waals surface area (Å²) in [5, 5.41) is 3.31. The highest BCUT2D eigenvalue weighted by atomic mass is 16.5. The van der Waals surface area contributed by atoms with Gasteiger partial charge in [0, 0.05) is 25.7 Å². The van der Waals surface area contributed by atoms with Gasteiger partial charge < -0.3 is 9.64 Å². The lowest BCUT2D eigenvalue weighted by Gasteiger charge is -2.36. The zero-order chi connectivity index (χ0) is 13.1. The van der Waals surface area contributed by atoms with Gasteiger partial charge in [-0.3, -0.25) is 15.0 Å². The molecule has 2 aliphatic heterocycles. The third-order valence-corrected chi connectivity index (χ3v) is 3.78. The molecule has 104 valence electrons. The van der Waals surface area contributed by atoms with Crippen LogP contribution in [-0.2, 0) is 9.53 Å². The van der Waals surface area contributed by atoms with Crippen molar-refractivity contribution in [1.29, 1.82) is 0 Å². The standard InChI is InChI=1S/C13H25N3O2/c1-10(2)13-14-8-12(17)16(13)11(3)9-15-4-6-18-7-5-15/h10-11,13-14H,4-9H2,1-3H3. The van der Waals surface area contributed by atoms with Gasteiger partial charge in [-0.1, -0.05) is 13.8 Å². The number of morpholine rings is 1. The Balaban J connectivity index is 1.93. The van der Waals surface area contributed by atoms with E-state index in [1.54, 1.807) is 0 Å². The molecule has 2 aliphatic rings. The van der Waals surface area contributed by atoms with Gasteiger partial charge in [-0.05, 0) is 12.8 Å². The molecule has 2 saturated heterocycles. The average molecular weight is 255 g/mol. The van der Waals surface area contributed by atoms with Gasteiger partial charge in [0.25, 0.3) is 0 Å². The second kappa shape index (κ2) is 5.99. The van der Waals surface area contributed by atoms with Crippen molar-refractivity contribution in [3.05, 3.63) is 0 Å². The number of amides is 1. The van der Waals surface area contributed by atoms with Crippen molar-refractivity contribution in [2.24, 2.45) is 5.92 Å². The fraction of sp³-hybridized carbons (Fsp3) is 0.923. The lowest BCUT2D eigenvalue weighted by Crippen LogP contribution is -2.51. The van der Waals surface area contributed by atoms with Crippen LogP contribution >= 0.6 is 0 Å². The Morgan fingerprint density at radius 1 is 1.33 bits per heavy atom. The molecule has 5 nitrogen and oxygen atoms in total. The number of hydrogen-bond donors (Lipinski definition) is 1. The Morgan fingerprint density at radius 3 is 2.61 bits per heavy atom. The molecular formula is C13H25N3O2. The number of hydrogen-bond acceptors (Lipinski definition) is 4. The summed E-state index contributed by atoms with van der Waals surface area (Å²) in [6.45, 7) is 11.5. The van der Waals surface area contributed by atoms with Gasteiger partial charge in [0.15, 0.2) is 0 Å². The topological polar surface area (TPSA) is 44.8 Å². The highest BCUT2D eigenvalue weighted by Gasteiger charge is 2.36. The highest BCUT2D eigenvalue weighted by Crippen LogP contribution is 2.17. The lowest BCUT2D eigenvalue weighted by molar-refractivity contribution is -0.131. The van der Waals surface area contributed by atoms with E-state index in [0.29, 0.717) is 12.5 Å². The first-order valence-electron chi connectivity index (χ1n) is 6.94. The van der Waals surface area contributed by atoms with E-state index >= 15 is 0 Å². The number of rotatable bonds is 4. The van der Waals surface area contributed by atoms with Crippen LogP contribution in [0.25, 0.3) is 0 Å². The Bertz CT molecular complexity index is 290. The van der Waals surface area contributed by atoms with E-state index in [2.05, 4.69) is 31.0 Å². The summed E-state index contributed by atoms with van der Waals surface area (Å²) in [7, 11) is 0. The van der Waals surface area contributed by atoms with Crippen molar-refractivity contribution in [2.75, 3.05) is 39.4 Å². The first-order valence-corrected chi connectivity index (χ1v) is 6.94. The summed E-state index contributed by atoms with van der Waals surface area (Å²) in [5.41, 5.74) is 0. The van der Waals surface area contributed by atoms with Crippen molar-refractivity contribution in [2.45, 2.75) is 33.0 Å². The molecule has 2 atom stereocenters. The van der Waals surface area contributed by atoms with Crippen LogP contribution < -0.4 is 5.32 Å². The minimum Gasteiger partial charge on any atom is -0.379 e. The van der Waals surface area contributed by atoms with Gasteiger partial charge in [-0.2, -0.15) is 0 Å². The van der Waals surface area contributed by atoms with E-state index in [-0.39, 0.29) is 18.1 Å². The van der Waals surface area contributed by atoms with Crippen molar-refractivity contribution in [3.63, 3.8) is 0 Å². The van der Waals surface area contributed by atoms with Crippen LogP contribution in [0, 0.1) is 5.92 Å². The maximum atomic E-state index is 12.0. The average Bonchev–Trinajstić information content (AvgIpc) is 2.72. The molecule has 18 heavy (non-hydrogen) atoms. The first-order chi connectivity index (χ1) is 8.59. The summed E-state index contributed by atoms with van der Waals surface area (Å²) < 4.78 is 5.35. The molecule has 2 heterocycles. The fourth-order valence-corrected chi connectivity index (χ4v) is 2.86. The number of nitrogens with one attached hydrogen (secondary N) is 1. The molecule has 0 bridgehead atoms. The van der Waals surface area contributed by atoms with Crippen molar-refractivity contribution >= 4 is 5.91 Å². The van der Waals surface area contributed by atoms with Crippen molar-refractivity contribution in [1.82, 2.24) is 15.1 Å². The molecule has 2 fully saturated rings. The van der Waals surface area contributed by atoms with Crippen LogP contribution in [0.5, 0.6) is 0 Å². The zero-order valence-electron chi connectivity index (χ0n) is 11.7. The summed E-state index contributed by atoms with van der Waals surface area (Å²) >= 11 is 0. The summed E-state index contributed by atoms with van der Waals surface area (Å²) in [6.07, 6.45) is 0.188. The molecule has 5 heteroatoms. The van der Waals surface area contributed by atoms with Gasteiger partial charge in [0.1, 0.15) is 0 Å². The largest absolute Gasteiger partial charge is 0.379 e. The Kier molecular flexibility index (Phi) is 4.59. The second-order valence-corrected chi connectivity index (χ2v) is 5.63. The maximum absolute atomic E-state index is 12.0. The number of carbonyl (C=O) groups excluding carboxylic acids is 1. The quantitative estimate of drug-likeness (QED) is 0.775. The monoisotopic (exact) mass is 255 g/mol. The minimum atomic E-state index is 0.188. The van der Waals surface area contributed by atoms with Crippen molar-refractivity contribution < 1.29 is 9.53 Å². The highest BCUT2D eigenvalue weighted by molar-refractivity contribution is 5.81. The van der Waals surface area contributed by atoms with Gasteiger partial charge >= 0.3 is 0 Å². The molecule has 0 radical (unpaired) electrons.